The molecule has 2 aromatic rings. The first-order valence-corrected chi connectivity index (χ1v) is 5.32. The van der Waals surface area contributed by atoms with Gasteiger partial charge in [0.1, 0.15) is 5.69 Å². The number of allylic oxidation sites excluding steroid dienone is 1. The van der Waals surface area contributed by atoms with Crippen molar-refractivity contribution in [3.8, 4) is 0 Å². The van der Waals surface area contributed by atoms with E-state index in [1.807, 2.05) is 19.1 Å². The first-order chi connectivity index (χ1) is 8.25. The van der Waals surface area contributed by atoms with E-state index in [0.717, 1.165) is 11.3 Å². The summed E-state index contributed by atoms with van der Waals surface area (Å²) in [5.74, 6) is -0.0972. The Morgan fingerprint density at radius 2 is 2.06 bits per heavy atom. The molecule has 3 heteroatoms. The van der Waals surface area contributed by atoms with Crippen LogP contribution in [-0.2, 0) is 0 Å². The van der Waals surface area contributed by atoms with Crippen LogP contribution < -0.4 is 0 Å². The van der Waals surface area contributed by atoms with Gasteiger partial charge in [0, 0.05) is 18.1 Å². The smallest absolute Gasteiger partial charge is 0.204 e. The Morgan fingerprint density at radius 3 is 2.76 bits per heavy atom. The Labute approximate surface area is 99.9 Å². The molecule has 0 spiro atoms. The van der Waals surface area contributed by atoms with Crippen LogP contribution in [0.5, 0.6) is 0 Å². The van der Waals surface area contributed by atoms with E-state index >= 15 is 0 Å². The van der Waals surface area contributed by atoms with Gasteiger partial charge in [-0.15, -0.1) is 0 Å². The third kappa shape index (κ3) is 3.08. The SMILES string of the molecule is Cc1cc(/C=C\C(=O)c2ccccn2)ccn1. The molecule has 0 saturated heterocycles. The number of nitrogens with zero attached hydrogens (tertiary/aromatic N) is 2. The van der Waals surface area contributed by atoms with Crippen LogP contribution in [0.2, 0.25) is 0 Å². The Bertz CT molecular complexity index is 547. The molecule has 0 radical (unpaired) electrons. The molecule has 0 unspecified atom stereocenters. The largest absolute Gasteiger partial charge is 0.288 e. The van der Waals surface area contributed by atoms with Crippen LogP contribution in [0.25, 0.3) is 6.08 Å². The number of pyridine rings is 2. The molecule has 0 saturated carbocycles. The number of aromatic nitrogens is 2. The lowest BCUT2D eigenvalue weighted by atomic mass is 10.2. The second-order valence-corrected chi connectivity index (χ2v) is 3.64. The number of hydrogen-bond donors (Lipinski definition) is 0. The van der Waals surface area contributed by atoms with Gasteiger partial charge < -0.3 is 0 Å². The number of hydrogen-bond acceptors (Lipinski definition) is 3. The summed E-state index contributed by atoms with van der Waals surface area (Å²) >= 11 is 0. The predicted molar refractivity (Wildman–Crippen MR) is 66.6 cm³/mol. The summed E-state index contributed by atoms with van der Waals surface area (Å²) in [5.41, 5.74) is 2.34. The highest BCUT2D eigenvalue weighted by atomic mass is 16.1. The van der Waals surface area contributed by atoms with E-state index < -0.39 is 0 Å². The summed E-state index contributed by atoms with van der Waals surface area (Å²) in [5, 5.41) is 0. The van der Waals surface area contributed by atoms with Gasteiger partial charge in [0.05, 0.1) is 0 Å². The van der Waals surface area contributed by atoms with Gasteiger partial charge >= 0.3 is 0 Å². The van der Waals surface area contributed by atoms with Gasteiger partial charge in [-0.1, -0.05) is 12.1 Å². The van der Waals surface area contributed by atoms with Crippen molar-refractivity contribution in [3.05, 3.63) is 65.8 Å². The van der Waals surface area contributed by atoms with Crippen LogP contribution in [-0.4, -0.2) is 15.8 Å². The van der Waals surface area contributed by atoms with Crippen molar-refractivity contribution in [2.24, 2.45) is 0 Å². The summed E-state index contributed by atoms with van der Waals surface area (Å²) in [4.78, 5) is 19.8. The Morgan fingerprint density at radius 1 is 1.18 bits per heavy atom. The molecule has 2 aromatic heterocycles. The molecule has 17 heavy (non-hydrogen) atoms. The minimum Gasteiger partial charge on any atom is -0.288 e. The van der Waals surface area contributed by atoms with Crippen LogP contribution in [0.3, 0.4) is 0 Å². The first kappa shape index (κ1) is 11.2. The number of carbonyl (C=O) groups excluding carboxylic acids is 1. The highest BCUT2D eigenvalue weighted by molar-refractivity contribution is 6.05. The maximum Gasteiger partial charge on any atom is 0.204 e. The normalized spacial score (nSPS) is 10.6. The lowest BCUT2D eigenvalue weighted by Crippen LogP contribution is -1.96. The molecule has 0 aliphatic rings. The molecule has 0 aliphatic carbocycles. The Kier molecular flexibility index (Phi) is 3.40. The van der Waals surface area contributed by atoms with Crippen LogP contribution in [0.1, 0.15) is 21.7 Å². The van der Waals surface area contributed by atoms with Crippen molar-refractivity contribution in [2.75, 3.05) is 0 Å². The van der Waals surface area contributed by atoms with Gasteiger partial charge in [-0.25, -0.2) is 0 Å². The first-order valence-electron chi connectivity index (χ1n) is 5.32. The third-order valence-corrected chi connectivity index (χ3v) is 2.27. The molecular weight excluding hydrogens is 212 g/mol. The fourth-order valence-electron chi connectivity index (χ4n) is 1.44. The van der Waals surface area contributed by atoms with Gasteiger partial charge in [0.15, 0.2) is 0 Å². The van der Waals surface area contributed by atoms with Crippen molar-refractivity contribution in [3.63, 3.8) is 0 Å². The summed E-state index contributed by atoms with van der Waals surface area (Å²) in [6, 6.07) is 9.05. The van der Waals surface area contributed by atoms with E-state index in [1.54, 1.807) is 36.7 Å². The zero-order chi connectivity index (χ0) is 12.1. The quantitative estimate of drug-likeness (QED) is 0.594. The molecule has 2 rings (SSSR count). The lowest BCUT2D eigenvalue weighted by Gasteiger charge is -1.95. The molecule has 0 amide bonds. The van der Waals surface area contributed by atoms with E-state index in [9.17, 15) is 4.79 Å². The fourth-order valence-corrected chi connectivity index (χ4v) is 1.44. The molecular formula is C14H12N2O. The standard InChI is InChI=1S/C14H12N2O/c1-11-10-12(7-9-15-11)5-6-14(17)13-4-2-3-8-16-13/h2-10H,1H3/b6-5-. The molecule has 0 aromatic carbocycles. The van der Waals surface area contributed by atoms with Crippen molar-refractivity contribution >= 4 is 11.9 Å². The van der Waals surface area contributed by atoms with E-state index in [0.29, 0.717) is 5.69 Å². The van der Waals surface area contributed by atoms with Crippen molar-refractivity contribution in [2.45, 2.75) is 6.92 Å². The zero-order valence-corrected chi connectivity index (χ0v) is 9.50. The Balaban J connectivity index is 2.14. The Hall–Kier alpha value is -2.29. The number of carbonyl (C=O) groups is 1. The molecule has 0 fully saturated rings. The van der Waals surface area contributed by atoms with E-state index in [4.69, 9.17) is 0 Å². The van der Waals surface area contributed by atoms with Crippen LogP contribution in [0.4, 0.5) is 0 Å². The summed E-state index contributed by atoms with van der Waals surface area (Å²) < 4.78 is 0. The maximum atomic E-state index is 11.7. The molecule has 0 N–H and O–H groups in total. The molecule has 84 valence electrons. The van der Waals surface area contributed by atoms with Crippen molar-refractivity contribution < 1.29 is 4.79 Å². The van der Waals surface area contributed by atoms with Gasteiger partial charge in [-0.3, -0.25) is 14.8 Å². The van der Waals surface area contributed by atoms with Gasteiger partial charge in [0.2, 0.25) is 5.78 Å². The highest BCUT2D eigenvalue weighted by Crippen LogP contribution is 2.04. The van der Waals surface area contributed by atoms with Gasteiger partial charge in [0.25, 0.3) is 0 Å². The van der Waals surface area contributed by atoms with Crippen LogP contribution >= 0.6 is 0 Å². The number of ketones is 1. The van der Waals surface area contributed by atoms with Gasteiger partial charge in [-0.2, -0.15) is 0 Å². The molecule has 2 heterocycles. The topological polar surface area (TPSA) is 42.9 Å². The fraction of sp³-hybridized carbons (Fsp3) is 0.0714. The molecule has 0 atom stereocenters. The third-order valence-electron chi connectivity index (χ3n) is 2.27. The lowest BCUT2D eigenvalue weighted by molar-refractivity contribution is 0.104. The maximum absolute atomic E-state index is 11.7. The molecule has 0 aliphatic heterocycles. The summed E-state index contributed by atoms with van der Waals surface area (Å²) in [6.45, 7) is 1.91. The average molecular weight is 224 g/mol. The molecule has 0 bridgehead atoms. The summed E-state index contributed by atoms with van der Waals surface area (Å²) in [6.07, 6.45) is 6.63. The monoisotopic (exact) mass is 224 g/mol. The molecule has 3 nitrogen and oxygen atoms in total. The summed E-state index contributed by atoms with van der Waals surface area (Å²) in [7, 11) is 0. The second-order valence-electron chi connectivity index (χ2n) is 3.64. The van der Waals surface area contributed by atoms with E-state index in [-0.39, 0.29) is 5.78 Å². The number of rotatable bonds is 3. The van der Waals surface area contributed by atoms with E-state index in [2.05, 4.69) is 9.97 Å². The highest BCUT2D eigenvalue weighted by Gasteiger charge is 2.00. The zero-order valence-electron chi connectivity index (χ0n) is 9.50. The van der Waals surface area contributed by atoms with Crippen molar-refractivity contribution in [1.82, 2.24) is 9.97 Å². The van der Waals surface area contributed by atoms with Crippen molar-refractivity contribution in [1.29, 1.82) is 0 Å². The van der Waals surface area contributed by atoms with Gasteiger partial charge in [-0.05, 0) is 42.8 Å². The van der Waals surface area contributed by atoms with Crippen LogP contribution in [0.15, 0.2) is 48.8 Å². The van der Waals surface area contributed by atoms with E-state index in [1.165, 1.54) is 6.08 Å². The minimum atomic E-state index is -0.0972. The number of aryl methyl sites for hydroxylation is 1. The average Bonchev–Trinajstić information content (AvgIpc) is 2.37. The predicted octanol–water partition coefficient (Wildman–Crippen LogP) is 2.68. The minimum absolute atomic E-state index is 0.0972. The van der Waals surface area contributed by atoms with Crippen LogP contribution in [0, 0.1) is 6.92 Å². The second kappa shape index (κ2) is 5.16.